The predicted molar refractivity (Wildman–Crippen MR) is 128 cm³/mol. The lowest BCUT2D eigenvalue weighted by Gasteiger charge is -2.33. The smallest absolute Gasteiger partial charge is 0.255 e. The molecule has 0 unspecified atom stereocenters. The molecule has 0 spiro atoms. The number of hydrogen-bond acceptors (Lipinski definition) is 3. The fourth-order valence-corrected chi connectivity index (χ4v) is 5.31. The third kappa shape index (κ3) is 4.95. The number of benzene rings is 3. The van der Waals surface area contributed by atoms with Crippen molar-refractivity contribution in [3.63, 3.8) is 0 Å². The molecule has 0 bridgehead atoms. The van der Waals surface area contributed by atoms with E-state index in [1.54, 1.807) is 24.3 Å². The lowest BCUT2D eigenvalue weighted by atomic mass is 9.81. The second-order valence-electron chi connectivity index (χ2n) is 8.33. The van der Waals surface area contributed by atoms with Crippen LogP contribution in [0.2, 0.25) is 0 Å². The van der Waals surface area contributed by atoms with Gasteiger partial charge in [-0.25, -0.2) is 0 Å². The Bertz CT molecular complexity index is 1150. The van der Waals surface area contributed by atoms with Crippen molar-refractivity contribution in [3.8, 4) is 17.6 Å². The van der Waals surface area contributed by atoms with E-state index in [2.05, 4.69) is 49.2 Å². The van der Waals surface area contributed by atoms with Crippen molar-refractivity contribution in [3.05, 3.63) is 89.0 Å². The van der Waals surface area contributed by atoms with E-state index in [1.807, 2.05) is 23.9 Å². The van der Waals surface area contributed by atoms with Crippen LogP contribution in [0.1, 0.15) is 47.3 Å². The van der Waals surface area contributed by atoms with Crippen LogP contribution < -0.4 is 5.32 Å². The molecule has 0 saturated carbocycles. The molecule has 4 rings (SSSR count). The van der Waals surface area contributed by atoms with E-state index in [-0.39, 0.29) is 17.1 Å². The molecule has 0 aliphatic carbocycles. The van der Waals surface area contributed by atoms with Crippen LogP contribution >= 0.6 is 11.8 Å². The Balaban J connectivity index is 1.43. The summed E-state index contributed by atoms with van der Waals surface area (Å²) in [5.41, 5.74) is 5.05. The fraction of sp³-hybridized carbons (Fsp3) is 0.222. The zero-order valence-corrected chi connectivity index (χ0v) is 18.6. The second kappa shape index (κ2) is 8.91. The van der Waals surface area contributed by atoms with Gasteiger partial charge in [0.25, 0.3) is 5.91 Å². The minimum atomic E-state index is -0.194. The molecule has 3 nitrogen and oxygen atoms in total. The molecule has 2 N–H and O–H groups in total. The number of carbonyl (C=O) groups excluding carboxylic acids is 1. The second-order valence-corrected chi connectivity index (χ2v) is 9.44. The predicted octanol–water partition coefficient (Wildman–Crippen LogP) is 6.01. The molecular formula is C27H25NO2S. The third-order valence-electron chi connectivity index (χ3n) is 5.58. The number of anilines is 1. The maximum atomic E-state index is 12.4. The van der Waals surface area contributed by atoms with Crippen molar-refractivity contribution in [1.82, 2.24) is 0 Å². The highest BCUT2D eigenvalue weighted by Crippen LogP contribution is 2.43. The summed E-state index contributed by atoms with van der Waals surface area (Å²) in [6.07, 6.45) is 1.92. The van der Waals surface area contributed by atoms with Crippen LogP contribution in [-0.2, 0) is 11.8 Å². The highest BCUT2D eigenvalue weighted by Gasteiger charge is 2.28. The topological polar surface area (TPSA) is 49.3 Å². The van der Waals surface area contributed by atoms with Crippen LogP contribution in [0.15, 0.2) is 71.6 Å². The molecule has 3 aromatic carbocycles. The van der Waals surface area contributed by atoms with Gasteiger partial charge in [0, 0.05) is 28.1 Å². The number of phenolic OH excluding ortho intramolecular Hbond substituents is 1. The molecule has 0 fully saturated rings. The van der Waals surface area contributed by atoms with Crippen LogP contribution in [-0.4, -0.2) is 16.8 Å². The van der Waals surface area contributed by atoms with Crippen molar-refractivity contribution >= 4 is 23.4 Å². The Morgan fingerprint density at radius 1 is 1.06 bits per heavy atom. The minimum absolute atomic E-state index is 0.166. The van der Waals surface area contributed by atoms with Gasteiger partial charge < -0.3 is 10.4 Å². The van der Waals surface area contributed by atoms with Crippen LogP contribution in [0, 0.1) is 11.8 Å². The fourth-order valence-electron chi connectivity index (χ4n) is 3.66. The lowest BCUT2D eigenvalue weighted by Crippen LogP contribution is -2.23. The number of phenols is 1. The lowest BCUT2D eigenvalue weighted by molar-refractivity contribution is 0.102. The van der Waals surface area contributed by atoms with E-state index in [9.17, 15) is 9.90 Å². The Morgan fingerprint density at radius 3 is 2.55 bits per heavy atom. The van der Waals surface area contributed by atoms with Crippen molar-refractivity contribution < 1.29 is 9.90 Å². The number of carbonyl (C=O) groups is 1. The van der Waals surface area contributed by atoms with Crippen LogP contribution in [0.25, 0.3) is 0 Å². The zero-order chi connectivity index (χ0) is 21.8. The quantitative estimate of drug-likeness (QED) is 0.397. The summed E-state index contributed by atoms with van der Waals surface area (Å²) in [7, 11) is 0. The molecule has 0 atom stereocenters. The zero-order valence-electron chi connectivity index (χ0n) is 17.7. The highest BCUT2D eigenvalue weighted by molar-refractivity contribution is 7.99. The van der Waals surface area contributed by atoms with Crippen LogP contribution in [0.3, 0.4) is 0 Å². The molecular weight excluding hydrogens is 402 g/mol. The summed E-state index contributed by atoms with van der Waals surface area (Å²) in [5.74, 6) is 7.65. The number of rotatable bonds is 3. The third-order valence-corrected chi connectivity index (χ3v) is 6.76. The number of nitrogens with one attached hydrogen (secondary N) is 1. The summed E-state index contributed by atoms with van der Waals surface area (Å²) in [6, 6.07) is 20.3. The molecule has 1 aliphatic heterocycles. The molecule has 4 heteroatoms. The van der Waals surface area contributed by atoms with E-state index in [0.29, 0.717) is 11.3 Å². The Morgan fingerprint density at radius 2 is 1.81 bits per heavy atom. The summed E-state index contributed by atoms with van der Waals surface area (Å²) < 4.78 is 0. The van der Waals surface area contributed by atoms with Gasteiger partial charge in [-0.1, -0.05) is 43.9 Å². The van der Waals surface area contributed by atoms with Crippen LogP contribution in [0.5, 0.6) is 5.75 Å². The molecule has 0 aromatic heterocycles. The van der Waals surface area contributed by atoms with Crippen LogP contribution in [0.4, 0.5) is 5.69 Å². The Labute approximate surface area is 187 Å². The number of hydrogen-bond donors (Lipinski definition) is 2. The van der Waals surface area contributed by atoms with Crippen molar-refractivity contribution in [2.45, 2.75) is 37.0 Å². The van der Waals surface area contributed by atoms with Gasteiger partial charge in [-0.05, 0) is 77.2 Å². The first kappa shape index (κ1) is 21.1. The van der Waals surface area contributed by atoms with Gasteiger partial charge in [0.05, 0.1) is 0 Å². The molecule has 1 aliphatic rings. The van der Waals surface area contributed by atoms with Gasteiger partial charge in [-0.3, -0.25) is 4.79 Å². The maximum absolute atomic E-state index is 12.4. The van der Waals surface area contributed by atoms with Crippen molar-refractivity contribution in [2.75, 3.05) is 11.1 Å². The Hall–Kier alpha value is -3.16. The van der Waals surface area contributed by atoms with Crippen molar-refractivity contribution in [1.29, 1.82) is 0 Å². The molecule has 0 saturated heterocycles. The van der Waals surface area contributed by atoms with Gasteiger partial charge in [0.1, 0.15) is 5.75 Å². The normalized spacial score (nSPS) is 14.1. The number of aromatic hydroxyl groups is 1. The molecule has 31 heavy (non-hydrogen) atoms. The van der Waals surface area contributed by atoms with Gasteiger partial charge in [-0.15, -0.1) is 11.8 Å². The SMILES string of the molecule is CC1(C)CCSc2c(CC#Cc3ccc(C(=O)Nc4ccc(O)cc4)cc3)cccc21. The summed E-state index contributed by atoms with van der Waals surface area (Å²) in [4.78, 5) is 13.8. The molecule has 3 aromatic rings. The highest BCUT2D eigenvalue weighted by atomic mass is 32.2. The molecule has 1 heterocycles. The number of amides is 1. The summed E-state index contributed by atoms with van der Waals surface area (Å²) in [5, 5.41) is 12.2. The Kier molecular flexibility index (Phi) is 6.06. The molecule has 156 valence electrons. The first-order chi connectivity index (χ1) is 14.9. The van der Waals surface area contributed by atoms with E-state index >= 15 is 0 Å². The van der Waals surface area contributed by atoms with E-state index in [4.69, 9.17) is 0 Å². The number of fused-ring (bicyclic) bond motifs is 1. The average Bonchev–Trinajstić information content (AvgIpc) is 2.76. The van der Waals surface area contributed by atoms with Gasteiger partial charge in [0.2, 0.25) is 0 Å². The van der Waals surface area contributed by atoms with Gasteiger partial charge in [0.15, 0.2) is 0 Å². The maximum Gasteiger partial charge on any atom is 0.255 e. The largest absolute Gasteiger partial charge is 0.508 e. The van der Waals surface area contributed by atoms with Gasteiger partial charge in [-0.2, -0.15) is 0 Å². The van der Waals surface area contributed by atoms with Crippen molar-refractivity contribution in [2.24, 2.45) is 0 Å². The molecule has 0 radical (unpaired) electrons. The van der Waals surface area contributed by atoms with E-state index < -0.39 is 0 Å². The first-order valence-corrected chi connectivity index (χ1v) is 11.4. The van der Waals surface area contributed by atoms with Gasteiger partial charge >= 0.3 is 0 Å². The number of thioether (sulfide) groups is 1. The average molecular weight is 428 g/mol. The van der Waals surface area contributed by atoms with E-state index in [0.717, 1.165) is 17.7 Å². The summed E-state index contributed by atoms with van der Waals surface area (Å²) >= 11 is 1.94. The van der Waals surface area contributed by atoms with E-state index in [1.165, 1.54) is 34.6 Å². The molecule has 1 amide bonds. The standard InChI is InChI=1S/C27H25NO2S/c1-27(2)17-18-31-25-20(7-4-8-24(25)27)6-3-5-19-9-11-21(12-10-19)26(30)28-22-13-15-23(29)16-14-22/h4,7-16,29H,6,17-18H2,1-2H3,(H,28,30). The monoisotopic (exact) mass is 427 g/mol. The summed E-state index contributed by atoms with van der Waals surface area (Å²) in [6.45, 7) is 4.64. The minimum Gasteiger partial charge on any atom is -0.508 e. The first-order valence-electron chi connectivity index (χ1n) is 10.4.